The van der Waals surface area contributed by atoms with Crippen molar-refractivity contribution in [1.29, 1.82) is 0 Å². The van der Waals surface area contributed by atoms with Gasteiger partial charge in [0.1, 0.15) is 6.10 Å². The Kier molecular flexibility index (Phi) is 4.18. The third kappa shape index (κ3) is 2.88. The fourth-order valence-electron chi connectivity index (χ4n) is 3.53. The molecule has 3 aromatic carbocycles. The van der Waals surface area contributed by atoms with E-state index in [0.717, 1.165) is 12.8 Å². The molecule has 0 amide bonds. The average Bonchev–Trinajstić information content (AvgIpc) is 2.68. The van der Waals surface area contributed by atoms with Gasteiger partial charge in [-0.15, -0.1) is 0 Å². The molecule has 1 aliphatic heterocycles. The van der Waals surface area contributed by atoms with E-state index >= 15 is 0 Å². The maximum absolute atomic E-state index is 6.50. The summed E-state index contributed by atoms with van der Waals surface area (Å²) in [6, 6.07) is 25.6. The zero-order chi connectivity index (χ0) is 16.4. The Morgan fingerprint density at radius 2 is 1.58 bits per heavy atom. The quantitative estimate of drug-likeness (QED) is 0.548. The van der Waals surface area contributed by atoms with Gasteiger partial charge < -0.3 is 4.74 Å². The lowest BCUT2D eigenvalue weighted by molar-refractivity contribution is -0.0221. The summed E-state index contributed by atoms with van der Waals surface area (Å²) < 4.78 is 6.50. The van der Waals surface area contributed by atoms with E-state index in [1.54, 1.807) is 0 Å². The topological polar surface area (TPSA) is 9.23 Å². The molecule has 4 rings (SSSR count). The first-order valence-electron chi connectivity index (χ1n) is 8.52. The van der Waals surface area contributed by atoms with E-state index in [2.05, 4.69) is 79.7 Å². The largest absolute Gasteiger partial charge is 0.361 e. The van der Waals surface area contributed by atoms with Crippen LogP contribution in [0.1, 0.15) is 36.2 Å². The Labute approximate surface area is 143 Å². The van der Waals surface area contributed by atoms with Gasteiger partial charge in [0.25, 0.3) is 0 Å². The highest BCUT2D eigenvalue weighted by molar-refractivity contribution is 5.83. The molecule has 1 radical (unpaired) electrons. The number of fused-ring (bicyclic) bond motifs is 1. The van der Waals surface area contributed by atoms with Gasteiger partial charge in [0, 0.05) is 0 Å². The van der Waals surface area contributed by atoms with Crippen LogP contribution in [0.15, 0.2) is 84.4 Å². The Morgan fingerprint density at radius 1 is 0.833 bits per heavy atom. The van der Waals surface area contributed by atoms with Crippen LogP contribution in [-0.2, 0) is 4.74 Å². The number of hydrogen-bond donors (Lipinski definition) is 0. The van der Waals surface area contributed by atoms with Gasteiger partial charge >= 0.3 is 0 Å². The van der Waals surface area contributed by atoms with E-state index in [1.165, 1.54) is 27.5 Å². The molecule has 0 spiro atoms. The van der Waals surface area contributed by atoms with Gasteiger partial charge in [0.2, 0.25) is 0 Å². The molecule has 1 fully saturated rings. The van der Waals surface area contributed by atoms with Crippen LogP contribution in [-0.4, -0.2) is 0 Å². The molecule has 0 bridgehead atoms. The van der Waals surface area contributed by atoms with Gasteiger partial charge in [-0.05, 0) is 53.3 Å². The summed E-state index contributed by atoms with van der Waals surface area (Å²) in [5.74, 6) is 0. The van der Waals surface area contributed by atoms with Gasteiger partial charge in [-0.2, -0.15) is 0 Å². The first kappa shape index (κ1) is 15.2. The van der Waals surface area contributed by atoms with Crippen LogP contribution in [0.5, 0.6) is 0 Å². The molecule has 1 aliphatic rings. The van der Waals surface area contributed by atoms with Crippen molar-refractivity contribution in [3.63, 3.8) is 0 Å². The minimum Gasteiger partial charge on any atom is -0.361 e. The zero-order valence-electron chi connectivity index (χ0n) is 13.7. The van der Waals surface area contributed by atoms with Crippen molar-refractivity contribution < 1.29 is 4.74 Å². The molecule has 0 saturated carbocycles. The second kappa shape index (κ2) is 6.62. The van der Waals surface area contributed by atoms with E-state index in [-0.39, 0.29) is 12.2 Å². The second-order valence-corrected chi connectivity index (χ2v) is 6.34. The van der Waals surface area contributed by atoms with Crippen molar-refractivity contribution in [2.75, 3.05) is 0 Å². The normalized spacial score (nSPS) is 22.8. The molecule has 0 aliphatic carbocycles. The molecule has 1 heterocycles. The van der Waals surface area contributed by atoms with Gasteiger partial charge in [0.05, 0.1) is 6.10 Å². The summed E-state index contributed by atoms with van der Waals surface area (Å²) in [6.45, 7) is 4.00. The number of ether oxygens (including phenoxy) is 1. The smallest absolute Gasteiger partial charge is 0.104 e. The van der Waals surface area contributed by atoms with Crippen molar-refractivity contribution in [1.82, 2.24) is 0 Å². The minimum absolute atomic E-state index is 0.00828. The summed E-state index contributed by atoms with van der Waals surface area (Å²) in [6.07, 6.45) is 4.15. The zero-order valence-corrected chi connectivity index (χ0v) is 13.7. The summed E-state index contributed by atoms with van der Waals surface area (Å²) in [5.41, 5.74) is 3.74. The van der Waals surface area contributed by atoms with Crippen molar-refractivity contribution >= 4 is 10.8 Å². The SMILES string of the molecule is [CH2]C=C1CCC(c2ccccc2)OC1c1ccc2ccccc2c1. The molecule has 0 aromatic heterocycles. The van der Waals surface area contributed by atoms with Crippen LogP contribution in [0.2, 0.25) is 0 Å². The van der Waals surface area contributed by atoms with Crippen LogP contribution >= 0.6 is 0 Å². The lowest BCUT2D eigenvalue weighted by Gasteiger charge is -2.33. The third-order valence-corrected chi connectivity index (χ3v) is 4.84. The summed E-state index contributed by atoms with van der Waals surface area (Å²) in [5, 5.41) is 2.51. The average molecular weight is 313 g/mol. The van der Waals surface area contributed by atoms with E-state index < -0.39 is 0 Å². The molecule has 1 saturated heterocycles. The van der Waals surface area contributed by atoms with E-state index in [0.29, 0.717) is 0 Å². The highest BCUT2D eigenvalue weighted by Gasteiger charge is 2.28. The second-order valence-electron chi connectivity index (χ2n) is 6.34. The van der Waals surface area contributed by atoms with Crippen LogP contribution < -0.4 is 0 Å². The van der Waals surface area contributed by atoms with Crippen LogP contribution in [0.3, 0.4) is 0 Å². The van der Waals surface area contributed by atoms with Crippen molar-refractivity contribution in [2.24, 2.45) is 0 Å². The van der Waals surface area contributed by atoms with E-state index in [1.807, 2.05) is 6.08 Å². The predicted octanol–water partition coefficient (Wildman–Crippen LogP) is 6.19. The monoisotopic (exact) mass is 313 g/mol. The number of benzene rings is 3. The van der Waals surface area contributed by atoms with E-state index in [9.17, 15) is 0 Å². The Hall–Kier alpha value is -2.38. The molecule has 2 unspecified atom stereocenters. The highest BCUT2D eigenvalue weighted by atomic mass is 16.5. The number of rotatable bonds is 2. The fourth-order valence-corrected chi connectivity index (χ4v) is 3.53. The molecular weight excluding hydrogens is 292 g/mol. The predicted molar refractivity (Wildman–Crippen MR) is 99.6 cm³/mol. The summed E-state index contributed by atoms with van der Waals surface area (Å²) in [4.78, 5) is 0. The summed E-state index contributed by atoms with van der Waals surface area (Å²) >= 11 is 0. The highest BCUT2D eigenvalue weighted by Crippen LogP contribution is 2.42. The molecule has 1 nitrogen and oxygen atoms in total. The lowest BCUT2D eigenvalue weighted by Crippen LogP contribution is -2.18. The van der Waals surface area contributed by atoms with E-state index in [4.69, 9.17) is 4.74 Å². The first-order chi connectivity index (χ1) is 11.8. The maximum Gasteiger partial charge on any atom is 0.104 e. The van der Waals surface area contributed by atoms with Gasteiger partial charge in [-0.1, -0.05) is 72.8 Å². The maximum atomic E-state index is 6.50. The summed E-state index contributed by atoms with van der Waals surface area (Å²) in [7, 11) is 0. The molecular formula is C23H21O. The number of hydrogen-bond acceptors (Lipinski definition) is 1. The Balaban J connectivity index is 1.69. The van der Waals surface area contributed by atoms with Gasteiger partial charge in [-0.3, -0.25) is 0 Å². The lowest BCUT2D eigenvalue weighted by atomic mass is 9.90. The fraction of sp³-hybridized carbons (Fsp3) is 0.174. The first-order valence-corrected chi connectivity index (χ1v) is 8.52. The van der Waals surface area contributed by atoms with Gasteiger partial charge in [-0.25, -0.2) is 0 Å². The third-order valence-electron chi connectivity index (χ3n) is 4.84. The standard InChI is InChI=1S/C23H21O/c1-2-17-14-15-22(19-9-4-3-5-10-19)24-23(17)21-13-12-18-8-6-7-11-20(18)16-21/h2-13,16,22-23H,1,14-15H2. The van der Waals surface area contributed by atoms with Gasteiger partial charge in [0.15, 0.2) is 0 Å². The molecule has 0 N–H and O–H groups in total. The molecule has 119 valence electrons. The minimum atomic E-state index is -0.00828. The van der Waals surface area contributed by atoms with Crippen molar-refractivity contribution in [2.45, 2.75) is 25.0 Å². The number of allylic oxidation sites excluding steroid dienone is 1. The molecule has 1 heteroatoms. The molecule has 2 atom stereocenters. The molecule has 24 heavy (non-hydrogen) atoms. The van der Waals surface area contributed by atoms with Crippen molar-refractivity contribution in [3.8, 4) is 0 Å². The Morgan fingerprint density at radius 3 is 2.38 bits per heavy atom. The van der Waals surface area contributed by atoms with Crippen LogP contribution in [0.25, 0.3) is 10.8 Å². The Bertz CT molecular complexity index is 863. The molecule has 3 aromatic rings. The van der Waals surface area contributed by atoms with Crippen molar-refractivity contribution in [3.05, 3.63) is 102 Å². The van der Waals surface area contributed by atoms with Crippen LogP contribution in [0, 0.1) is 6.92 Å². The van der Waals surface area contributed by atoms with Crippen LogP contribution in [0.4, 0.5) is 0 Å².